The quantitative estimate of drug-likeness (QED) is 0.786. The van der Waals surface area contributed by atoms with Crippen molar-refractivity contribution >= 4 is 26.9 Å². The van der Waals surface area contributed by atoms with Crippen LogP contribution in [-0.2, 0) is 10.0 Å². The maximum absolute atomic E-state index is 12.1. The predicted octanol–water partition coefficient (Wildman–Crippen LogP) is 1.93. The van der Waals surface area contributed by atoms with Crippen LogP contribution in [-0.4, -0.2) is 18.6 Å². The Hall–Kier alpha value is -2.35. The van der Waals surface area contributed by atoms with Gasteiger partial charge in [-0.05, 0) is 19.1 Å². The molecule has 0 fully saturated rings. The molecule has 0 unspecified atom stereocenters. The summed E-state index contributed by atoms with van der Waals surface area (Å²) in [4.78, 5) is 3.99. The van der Waals surface area contributed by atoms with Crippen LogP contribution in [0.2, 0.25) is 0 Å². The Morgan fingerprint density at radius 2 is 2.11 bits per heavy atom. The number of nitrogens with one attached hydrogen (secondary N) is 1. The minimum absolute atomic E-state index is 0.0670. The normalized spacial score (nSPS) is 11.8. The molecule has 0 aliphatic rings. The topological polar surface area (TPSA) is 98.2 Å². The van der Waals surface area contributed by atoms with E-state index in [1.165, 1.54) is 24.6 Å². The summed E-state index contributed by atoms with van der Waals surface area (Å²) in [6.45, 7) is 1.67. The zero-order valence-corrected chi connectivity index (χ0v) is 10.6. The maximum Gasteiger partial charge on any atom is 0.263 e. The summed E-state index contributed by atoms with van der Waals surface area (Å²) < 4.78 is 36.4. The molecule has 19 heavy (non-hydrogen) atoms. The fourth-order valence-corrected chi connectivity index (χ4v) is 2.61. The number of hydrogen-bond acceptors (Lipinski definition) is 6. The molecule has 8 heteroatoms. The van der Waals surface area contributed by atoms with E-state index >= 15 is 0 Å². The third-order valence-electron chi connectivity index (χ3n) is 2.48. The molecule has 1 N–H and O–H groups in total. The third-order valence-corrected chi connectivity index (χ3v) is 3.83. The molecule has 0 bridgehead atoms. The number of benzene rings is 1. The van der Waals surface area contributed by atoms with Gasteiger partial charge in [-0.1, -0.05) is 5.16 Å². The molecule has 0 atom stereocenters. The Morgan fingerprint density at radius 3 is 2.84 bits per heavy atom. The van der Waals surface area contributed by atoms with Crippen LogP contribution in [0.25, 0.3) is 11.1 Å². The van der Waals surface area contributed by atoms with Crippen molar-refractivity contribution in [3.8, 4) is 0 Å². The molecule has 0 saturated heterocycles. The van der Waals surface area contributed by atoms with Gasteiger partial charge in [0.25, 0.3) is 10.0 Å². The van der Waals surface area contributed by atoms with Gasteiger partial charge in [0.2, 0.25) is 0 Å². The van der Waals surface area contributed by atoms with Crippen molar-refractivity contribution in [1.29, 1.82) is 0 Å². The predicted molar refractivity (Wildman–Crippen MR) is 66.1 cm³/mol. The van der Waals surface area contributed by atoms with Crippen molar-refractivity contribution in [3.05, 3.63) is 36.4 Å². The molecule has 3 aromatic rings. The number of oxazole rings is 1. The highest BCUT2D eigenvalue weighted by Crippen LogP contribution is 2.20. The van der Waals surface area contributed by atoms with Gasteiger partial charge in [-0.25, -0.2) is 13.4 Å². The Kier molecular flexibility index (Phi) is 2.53. The number of aromatic nitrogens is 2. The van der Waals surface area contributed by atoms with Crippen LogP contribution < -0.4 is 4.72 Å². The van der Waals surface area contributed by atoms with E-state index in [0.717, 1.165) is 0 Å². The smallest absolute Gasteiger partial charge is 0.263 e. The average molecular weight is 279 g/mol. The Labute approximate surface area is 108 Å². The molecule has 0 amide bonds. The van der Waals surface area contributed by atoms with Gasteiger partial charge in [-0.15, -0.1) is 0 Å². The van der Waals surface area contributed by atoms with E-state index in [-0.39, 0.29) is 10.7 Å². The standard InChI is InChI=1S/C11H9N3O4S/c1-7-4-11(13-18-7)14-19(15,16)8-2-3-9-10(5-8)17-6-12-9/h2-6H,1H3,(H,13,14). The zero-order valence-electron chi connectivity index (χ0n) is 9.82. The molecule has 0 aliphatic carbocycles. The number of rotatable bonds is 3. The summed E-state index contributed by atoms with van der Waals surface area (Å²) in [6.07, 6.45) is 1.26. The monoisotopic (exact) mass is 279 g/mol. The fraction of sp³-hybridized carbons (Fsp3) is 0.0909. The van der Waals surface area contributed by atoms with E-state index < -0.39 is 10.0 Å². The first-order chi connectivity index (χ1) is 9.04. The summed E-state index contributed by atoms with van der Waals surface area (Å²) in [5.74, 6) is 0.651. The maximum atomic E-state index is 12.1. The lowest BCUT2D eigenvalue weighted by Gasteiger charge is -2.04. The summed E-state index contributed by atoms with van der Waals surface area (Å²) in [5.41, 5.74) is 0.996. The second kappa shape index (κ2) is 4.09. The zero-order chi connectivity index (χ0) is 13.5. The minimum Gasteiger partial charge on any atom is -0.443 e. The van der Waals surface area contributed by atoms with E-state index in [2.05, 4.69) is 14.9 Å². The van der Waals surface area contributed by atoms with Crippen LogP contribution in [0, 0.1) is 6.92 Å². The molecule has 2 aromatic heterocycles. The van der Waals surface area contributed by atoms with Gasteiger partial charge < -0.3 is 8.94 Å². The first kappa shape index (κ1) is 11.7. The third kappa shape index (κ3) is 2.17. The number of nitrogens with zero attached hydrogens (tertiary/aromatic N) is 2. The van der Waals surface area contributed by atoms with Crippen molar-refractivity contribution in [2.45, 2.75) is 11.8 Å². The van der Waals surface area contributed by atoms with Crippen molar-refractivity contribution in [3.63, 3.8) is 0 Å². The van der Waals surface area contributed by atoms with Crippen LogP contribution in [0.1, 0.15) is 5.76 Å². The van der Waals surface area contributed by atoms with Gasteiger partial charge in [-0.3, -0.25) is 4.72 Å². The van der Waals surface area contributed by atoms with Gasteiger partial charge in [-0.2, -0.15) is 0 Å². The highest BCUT2D eigenvalue weighted by Gasteiger charge is 2.17. The molecule has 1 aromatic carbocycles. The van der Waals surface area contributed by atoms with Crippen LogP contribution in [0.15, 0.2) is 44.5 Å². The van der Waals surface area contributed by atoms with Gasteiger partial charge in [0.15, 0.2) is 17.8 Å². The molecule has 0 spiro atoms. The number of hydrogen-bond donors (Lipinski definition) is 1. The van der Waals surface area contributed by atoms with Crippen molar-refractivity contribution < 1.29 is 17.4 Å². The number of sulfonamides is 1. The Bertz CT molecular complexity index is 834. The lowest BCUT2D eigenvalue weighted by molar-refractivity contribution is 0.400. The Balaban J connectivity index is 1.98. The lowest BCUT2D eigenvalue weighted by Crippen LogP contribution is -2.12. The summed E-state index contributed by atoms with van der Waals surface area (Å²) in [7, 11) is -3.73. The largest absolute Gasteiger partial charge is 0.443 e. The molecule has 0 saturated carbocycles. The molecular formula is C11H9N3O4S. The molecule has 3 rings (SSSR count). The second-order valence-electron chi connectivity index (χ2n) is 3.91. The van der Waals surface area contributed by atoms with E-state index in [9.17, 15) is 8.42 Å². The van der Waals surface area contributed by atoms with Crippen molar-refractivity contribution in [2.75, 3.05) is 4.72 Å². The van der Waals surface area contributed by atoms with Gasteiger partial charge in [0.1, 0.15) is 11.3 Å². The fourth-order valence-electron chi connectivity index (χ4n) is 1.61. The number of fused-ring (bicyclic) bond motifs is 1. The molecule has 2 heterocycles. The van der Waals surface area contributed by atoms with Gasteiger partial charge >= 0.3 is 0 Å². The van der Waals surface area contributed by atoms with Gasteiger partial charge in [0.05, 0.1) is 4.90 Å². The highest BCUT2D eigenvalue weighted by atomic mass is 32.2. The van der Waals surface area contributed by atoms with Crippen LogP contribution in [0.4, 0.5) is 5.82 Å². The summed E-state index contributed by atoms with van der Waals surface area (Å²) in [6, 6.07) is 5.91. The molecule has 7 nitrogen and oxygen atoms in total. The highest BCUT2D eigenvalue weighted by molar-refractivity contribution is 7.92. The number of anilines is 1. The van der Waals surface area contributed by atoms with E-state index in [1.54, 1.807) is 13.0 Å². The average Bonchev–Trinajstić information content (AvgIpc) is 2.96. The first-order valence-electron chi connectivity index (χ1n) is 5.34. The summed E-state index contributed by atoms with van der Waals surface area (Å²) >= 11 is 0. The minimum atomic E-state index is -3.73. The lowest BCUT2D eigenvalue weighted by atomic mass is 10.3. The van der Waals surface area contributed by atoms with Crippen LogP contribution in [0.5, 0.6) is 0 Å². The van der Waals surface area contributed by atoms with Crippen LogP contribution >= 0.6 is 0 Å². The van der Waals surface area contributed by atoms with Crippen molar-refractivity contribution in [2.24, 2.45) is 0 Å². The van der Waals surface area contributed by atoms with E-state index in [1.807, 2.05) is 0 Å². The Morgan fingerprint density at radius 1 is 1.26 bits per heavy atom. The second-order valence-corrected chi connectivity index (χ2v) is 5.59. The first-order valence-corrected chi connectivity index (χ1v) is 6.82. The van der Waals surface area contributed by atoms with Crippen LogP contribution in [0.3, 0.4) is 0 Å². The van der Waals surface area contributed by atoms with E-state index in [0.29, 0.717) is 16.9 Å². The molecule has 98 valence electrons. The summed E-state index contributed by atoms with van der Waals surface area (Å²) in [5, 5.41) is 3.58. The molecule has 0 radical (unpaired) electrons. The molecular weight excluding hydrogens is 270 g/mol. The van der Waals surface area contributed by atoms with Crippen molar-refractivity contribution in [1.82, 2.24) is 10.1 Å². The molecule has 0 aliphatic heterocycles. The number of aryl methyl sites for hydroxylation is 1. The SMILES string of the molecule is Cc1cc(NS(=O)(=O)c2ccc3ncoc3c2)no1. The van der Waals surface area contributed by atoms with Gasteiger partial charge in [0, 0.05) is 12.1 Å². The van der Waals surface area contributed by atoms with E-state index in [4.69, 9.17) is 8.94 Å².